The SMILES string of the molecule is CC.CC(=O)n1ccc2c(F)c(O)ccc21. The number of carbonyl (C=O) groups is 1. The number of carbonyl (C=O) groups excluding carboxylic acids is 1. The normalized spacial score (nSPS) is 9.75. The number of fused-ring (bicyclic) bond motifs is 1. The Morgan fingerprint density at radius 1 is 1.31 bits per heavy atom. The highest BCUT2D eigenvalue weighted by molar-refractivity contribution is 5.92. The quantitative estimate of drug-likeness (QED) is 0.745. The summed E-state index contributed by atoms with van der Waals surface area (Å²) in [6.07, 6.45) is 1.48. The number of phenols is 1. The molecule has 2 rings (SSSR count). The molecule has 0 unspecified atom stereocenters. The van der Waals surface area contributed by atoms with Crippen LogP contribution in [0, 0.1) is 5.82 Å². The molecule has 0 fully saturated rings. The van der Waals surface area contributed by atoms with Gasteiger partial charge in [-0.05, 0) is 18.2 Å². The Hall–Kier alpha value is -1.84. The van der Waals surface area contributed by atoms with E-state index in [2.05, 4.69) is 0 Å². The predicted molar refractivity (Wildman–Crippen MR) is 61.2 cm³/mol. The van der Waals surface area contributed by atoms with E-state index in [9.17, 15) is 9.18 Å². The lowest BCUT2D eigenvalue weighted by molar-refractivity contribution is 0.0941. The second-order valence-electron chi connectivity index (χ2n) is 3.04. The van der Waals surface area contributed by atoms with Crippen molar-refractivity contribution in [2.24, 2.45) is 0 Å². The van der Waals surface area contributed by atoms with Crippen molar-refractivity contribution >= 4 is 16.8 Å². The van der Waals surface area contributed by atoms with Gasteiger partial charge in [-0.3, -0.25) is 9.36 Å². The van der Waals surface area contributed by atoms with Crippen molar-refractivity contribution in [2.75, 3.05) is 0 Å². The van der Waals surface area contributed by atoms with Crippen molar-refractivity contribution in [3.8, 4) is 5.75 Å². The summed E-state index contributed by atoms with van der Waals surface area (Å²) in [5, 5.41) is 9.35. The summed E-state index contributed by atoms with van der Waals surface area (Å²) < 4.78 is 14.6. The average Bonchev–Trinajstić information content (AvgIpc) is 2.71. The summed E-state index contributed by atoms with van der Waals surface area (Å²) in [6.45, 7) is 5.39. The highest BCUT2D eigenvalue weighted by Crippen LogP contribution is 2.25. The van der Waals surface area contributed by atoms with Gasteiger partial charge < -0.3 is 5.11 Å². The lowest BCUT2D eigenvalue weighted by Gasteiger charge is -2.00. The third-order valence-electron chi connectivity index (χ3n) is 2.13. The molecule has 0 saturated heterocycles. The fourth-order valence-electron chi connectivity index (χ4n) is 1.44. The number of halogens is 1. The van der Waals surface area contributed by atoms with Crippen LogP contribution in [-0.4, -0.2) is 15.6 Å². The van der Waals surface area contributed by atoms with E-state index in [1.807, 2.05) is 13.8 Å². The molecule has 0 amide bonds. The van der Waals surface area contributed by atoms with Crippen LogP contribution < -0.4 is 0 Å². The van der Waals surface area contributed by atoms with Gasteiger partial charge in [0.05, 0.1) is 5.52 Å². The smallest absolute Gasteiger partial charge is 0.227 e. The van der Waals surface area contributed by atoms with Gasteiger partial charge in [-0.1, -0.05) is 13.8 Å². The fraction of sp³-hybridized carbons (Fsp3) is 0.250. The molecular weight excluding hydrogens is 209 g/mol. The Labute approximate surface area is 93.1 Å². The molecule has 0 spiro atoms. The van der Waals surface area contributed by atoms with Crippen molar-refractivity contribution in [1.29, 1.82) is 0 Å². The Kier molecular flexibility index (Phi) is 3.66. The summed E-state index contributed by atoms with van der Waals surface area (Å²) >= 11 is 0. The second kappa shape index (κ2) is 4.79. The fourth-order valence-corrected chi connectivity index (χ4v) is 1.44. The molecule has 1 aromatic heterocycles. The molecule has 86 valence electrons. The first-order chi connectivity index (χ1) is 7.61. The Morgan fingerprint density at radius 3 is 2.50 bits per heavy atom. The molecule has 0 aliphatic heterocycles. The summed E-state index contributed by atoms with van der Waals surface area (Å²) in [5.74, 6) is -1.29. The zero-order chi connectivity index (χ0) is 12.3. The Balaban J connectivity index is 0.000000606. The largest absolute Gasteiger partial charge is 0.505 e. The maximum atomic E-state index is 13.3. The zero-order valence-electron chi connectivity index (χ0n) is 9.49. The van der Waals surface area contributed by atoms with Crippen molar-refractivity contribution in [2.45, 2.75) is 20.8 Å². The number of hydrogen-bond donors (Lipinski definition) is 1. The lowest BCUT2D eigenvalue weighted by atomic mass is 10.2. The van der Waals surface area contributed by atoms with Gasteiger partial charge in [0.2, 0.25) is 5.91 Å². The minimum atomic E-state index is -0.692. The van der Waals surface area contributed by atoms with Gasteiger partial charge >= 0.3 is 0 Å². The third kappa shape index (κ3) is 1.91. The van der Waals surface area contributed by atoms with Crippen molar-refractivity contribution < 1.29 is 14.3 Å². The van der Waals surface area contributed by atoms with E-state index in [1.54, 1.807) is 0 Å². The summed E-state index contributed by atoms with van der Waals surface area (Å²) in [7, 11) is 0. The van der Waals surface area contributed by atoms with Gasteiger partial charge in [-0.25, -0.2) is 4.39 Å². The van der Waals surface area contributed by atoms with Crippen LogP contribution in [0.3, 0.4) is 0 Å². The molecule has 4 heteroatoms. The van der Waals surface area contributed by atoms with Gasteiger partial charge in [0.15, 0.2) is 11.6 Å². The maximum absolute atomic E-state index is 13.3. The molecule has 0 aliphatic rings. The van der Waals surface area contributed by atoms with Crippen LogP contribution in [-0.2, 0) is 0 Å². The standard InChI is InChI=1S/C10H8FNO2.C2H6/c1-6(13)12-5-4-7-8(12)2-3-9(14)10(7)11;1-2/h2-5,14H,1H3;1-2H3. The molecule has 1 aromatic carbocycles. The number of benzene rings is 1. The molecule has 16 heavy (non-hydrogen) atoms. The van der Waals surface area contributed by atoms with Crippen molar-refractivity contribution in [3.63, 3.8) is 0 Å². The van der Waals surface area contributed by atoms with E-state index >= 15 is 0 Å². The highest BCUT2D eigenvalue weighted by atomic mass is 19.1. The van der Waals surface area contributed by atoms with E-state index in [4.69, 9.17) is 5.11 Å². The number of rotatable bonds is 0. The molecule has 3 nitrogen and oxygen atoms in total. The third-order valence-corrected chi connectivity index (χ3v) is 2.13. The van der Waals surface area contributed by atoms with Gasteiger partial charge in [-0.15, -0.1) is 0 Å². The second-order valence-corrected chi connectivity index (χ2v) is 3.04. The topological polar surface area (TPSA) is 42.2 Å². The van der Waals surface area contributed by atoms with Gasteiger partial charge in [0.1, 0.15) is 0 Å². The first-order valence-corrected chi connectivity index (χ1v) is 5.10. The maximum Gasteiger partial charge on any atom is 0.227 e. The molecule has 0 radical (unpaired) electrons. The summed E-state index contributed by atoms with van der Waals surface area (Å²) in [5.41, 5.74) is 0.466. The Morgan fingerprint density at radius 2 is 1.94 bits per heavy atom. The van der Waals surface area contributed by atoms with Gasteiger partial charge in [-0.2, -0.15) is 0 Å². The molecule has 0 aliphatic carbocycles. The molecule has 0 atom stereocenters. The average molecular weight is 223 g/mol. The number of nitrogens with zero attached hydrogens (tertiary/aromatic N) is 1. The van der Waals surface area contributed by atoms with E-state index in [1.165, 1.54) is 35.9 Å². The Bertz CT molecular complexity index is 517. The van der Waals surface area contributed by atoms with Crippen LogP contribution >= 0.6 is 0 Å². The summed E-state index contributed by atoms with van der Waals surface area (Å²) in [6, 6.07) is 4.21. The van der Waals surface area contributed by atoms with Gasteiger partial charge in [0, 0.05) is 18.5 Å². The van der Waals surface area contributed by atoms with Crippen LogP contribution in [0.4, 0.5) is 4.39 Å². The summed E-state index contributed by atoms with van der Waals surface area (Å²) in [4.78, 5) is 11.1. The first kappa shape index (κ1) is 12.2. The van der Waals surface area contributed by atoms with Crippen molar-refractivity contribution in [1.82, 2.24) is 4.57 Å². The number of aromatic nitrogens is 1. The minimum absolute atomic E-state index is 0.190. The molecule has 1 heterocycles. The van der Waals surface area contributed by atoms with Crippen LogP contribution in [0.1, 0.15) is 25.6 Å². The molecule has 1 N–H and O–H groups in total. The van der Waals surface area contributed by atoms with E-state index in [-0.39, 0.29) is 11.3 Å². The van der Waals surface area contributed by atoms with Crippen LogP contribution in [0.15, 0.2) is 24.4 Å². The van der Waals surface area contributed by atoms with Gasteiger partial charge in [0.25, 0.3) is 0 Å². The lowest BCUT2D eigenvalue weighted by Crippen LogP contribution is -2.02. The zero-order valence-corrected chi connectivity index (χ0v) is 9.49. The predicted octanol–water partition coefficient (Wildman–Crippen LogP) is 3.17. The van der Waals surface area contributed by atoms with E-state index in [0.29, 0.717) is 5.52 Å². The molecule has 0 bridgehead atoms. The number of aromatic hydroxyl groups is 1. The van der Waals surface area contributed by atoms with Crippen LogP contribution in [0.5, 0.6) is 5.75 Å². The molecule has 0 saturated carbocycles. The number of hydrogen-bond acceptors (Lipinski definition) is 2. The highest BCUT2D eigenvalue weighted by Gasteiger charge is 2.10. The minimum Gasteiger partial charge on any atom is -0.505 e. The van der Waals surface area contributed by atoms with E-state index < -0.39 is 11.6 Å². The monoisotopic (exact) mass is 223 g/mol. The number of phenolic OH excluding ortho intramolecular Hbond substituents is 1. The van der Waals surface area contributed by atoms with Crippen molar-refractivity contribution in [3.05, 3.63) is 30.2 Å². The molecular formula is C12H14FNO2. The van der Waals surface area contributed by atoms with Crippen LogP contribution in [0.2, 0.25) is 0 Å². The van der Waals surface area contributed by atoms with Crippen LogP contribution in [0.25, 0.3) is 10.9 Å². The first-order valence-electron chi connectivity index (χ1n) is 5.10. The van der Waals surface area contributed by atoms with E-state index in [0.717, 1.165) is 0 Å². The molecule has 2 aromatic rings.